The molecule has 3 rings (SSSR count). The molecule has 0 amide bonds. The van der Waals surface area contributed by atoms with Crippen LogP contribution in [0.4, 0.5) is 0 Å². The van der Waals surface area contributed by atoms with Crippen molar-refractivity contribution in [2.45, 2.75) is 57.3 Å². The zero-order valence-corrected chi connectivity index (χ0v) is 13.1. The lowest BCUT2D eigenvalue weighted by Crippen LogP contribution is -2.41. The maximum atomic E-state index is 6.34. The van der Waals surface area contributed by atoms with E-state index < -0.39 is 7.12 Å². The second kappa shape index (κ2) is 4.20. The number of aromatic nitrogens is 1. The van der Waals surface area contributed by atoms with Crippen LogP contribution in [0.3, 0.4) is 0 Å². The molecule has 108 valence electrons. The molecule has 2 heterocycles. The molecule has 1 aromatic rings. The summed E-state index contributed by atoms with van der Waals surface area (Å²) in [5.74, 6) is 0. The Morgan fingerprint density at radius 2 is 1.75 bits per heavy atom. The lowest BCUT2D eigenvalue weighted by atomic mass is 9.75. The van der Waals surface area contributed by atoms with Gasteiger partial charge in [-0.25, -0.2) is 4.98 Å². The quantitative estimate of drug-likeness (QED) is 0.669. The third-order valence-corrected chi connectivity index (χ3v) is 4.94. The van der Waals surface area contributed by atoms with Gasteiger partial charge in [-0.2, -0.15) is 0 Å². The average molecular weight is 295 g/mol. The first-order valence-corrected chi connectivity index (χ1v) is 7.33. The van der Waals surface area contributed by atoms with Crippen molar-refractivity contribution < 1.29 is 9.31 Å². The van der Waals surface area contributed by atoms with Crippen LogP contribution >= 0.6 is 11.6 Å². The van der Waals surface area contributed by atoms with Crippen LogP contribution in [0.25, 0.3) is 0 Å². The Kier molecular flexibility index (Phi) is 3.01. The molecule has 6 heteroatoms. The van der Waals surface area contributed by atoms with Crippen LogP contribution in [0, 0.1) is 0 Å². The van der Waals surface area contributed by atoms with E-state index in [-0.39, 0.29) is 16.7 Å². The summed E-state index contributed by atoms with van der Waals surface area (Å²) in [5, 5.41) is 0.456. The predicted molar refractivity (Wildman–Crippen MR) is 80.1 cm³/mol. The molecular weight excluding hydrogens is 274 g/mol. The van der Waals surface area contributed by atoms with E-state index in [4.69, 9.17) is 26.6 Å². The first-order chi connectivity index (χ1) is 9.15. The van der Waals surface area contributed by atoms with Crippen LogP contribution in [-0.4, -0.2) is 23.3 Å². The molecule has 0 spiro atoms. The Morgan fingerprint density at radius 1 is 1.20 bits per heavy atom. The summed E-state index contributed by atoms with van der Waals surface area (Å²) in [7, 11) is -0.444. The van der Waals surface area contributed by atoms with E-state index in [9.17, 15) is 0 Å². The summed E-state index contributed by atoms with van der Waals surface area (Å²) in [6.07, 6.45) is 3.65. The summed E-state index contributed by atoms with van der Waals surface area (Å²) < 4.78 is 12.2. The van der Waals surface area contributed by atoms with Crippen molar-refractivity contribution in [2.75, 3.05) is 0 Å². The fraction of sp³-hybridized carbons (Fsp3) is 0.643. The van der Waals surface area contributed by atoms with E-state index >= 15 is 0 Å². The minimum absolute atomic E-state index is 0.300. The average Bonchev–Trinajstić information content (AvgIpc) is 3.02. The van der Waals surface area contributed by atoms with Crippen molar-refractivity contribution >= 4 is 24.2 Å². The Bertz CT molecular complexity index is 542. The van der Waals surface area contributed by atoms with Gasteiger partial charge in [0.25, 0.3) is 0 Å². The summed E-state index contributed by atoms with van der Waals surface area (Å²) >= 11 is 6.02. The van der Waals surface area contributed by atoms with Gasteiger partial charge in [0.15, 0.2) is 0 Å². The number of halogens is 1. The standard InChI is InChI=1S/C14H20BClN2O2/c1-12(2)13(3,4)20-15(19-12)10-8-18-11(16)7-9(10)14(17)5-6-14/h7-8H,5-6,17H2,1-4H3. The van der Waals surface area contributed by atoms with Gasteiger partial charge in [0.05, 0.1) is 11.2 Å². The lowest BCUT2D eigenvalue weighted by Gasteiger charge is -2.32. The topological polar surface area (TPSA) is 57.4 Å². The Balaban J connectivity index is 2.00. The molecule has 1 saturated carbocycles. The van der Waals surface area contributed by atoms with Crippen LogP contribution in [0.5, 0.6) is 0 Å². The Hall–Kier alpha value is -0.615. The molecular formula is C14H20BClN2O2. The number of pyridine rings is 1. The van der Waals surface area contributed by atoms with Crippen LogP contribution < -0.4 is 11.2 Å². The van der Waals surface area contributed by atoms with Crippen LogP contribution in [0.15, 0.2) is 12.3 Å². The molecule has 0 unspecified atom stereocenters. The smallest absolute Gasteiger partial charge is 0.399 e. The second-order valence-electron chi connectivity index (χ2n) is 6.84. The first-order valence-electron chi connectivity index (χ1n) is 6.95. The van der Waals surface area contributed by atoms with E-state index in [1.807, 2.05) is 33.8 Å². The lowest BCUT2D eigenvalue weighted by molar-refractivity contribution is 0.00578. The van der Waals surface area contributed by atoms with E-state index in [1.54, 1.807) is 6.20 Å². The van der Waals surface area contributed by atoms with E-state index in [2.05, 4.69) is 4.98 Å². The molecule has 20 heavy (non-hydrogen) atoms. The summed E-state index contributed by atoms with van der Waals surface area (Å²) in [6.45, 7) is 8.13. The van der Waals surface area contributed by atoms with Gasteiger partial charge in [-0.15, -0.1) is 0 Å². The van der Waals surface area contributed by atoms with Crippen molar-refractivity contribution in [2.24, 2.45) is 5.73 Å². The molecule has 2 aliphatic rings. The minimum atomic E-state index is -0.444. The van der Waals surface area contributed by atoms with Crippen LogP contribution in [-0.2, 0) is 14.8 Å². The van der Waals surface area contributed by atoms with Crippen molar-refractivity contribution in [1.82, 2.24) is 4.98 Å². The molecule has 1 aromatic heterocycles. The van der Waals surface area contributed by atoms with Gasteiger partial charge in [0.2, 0.25) is 0 Å². The normalized spacial score (nSPS) is 25.8. The summed E-state index contributed by atoms with van der Waals surface area (Å²) in [6, 6.07) is 1.84. The molecule has 0 atom stereocenters. The Labute approximate surface area is 125 Å². The van der Waals surface area contributed by atoms with Crippen molar-refractivity contribution in [1.29, 1.82) is 0 Å². The number of hydrogen-bond acceptors (Lipinski definition) is 4. The van der Waals surface area contributed by atoms with E-state index in [0.717, 1.165) is 23.9 Å². The molecule has 1 aliphatic carbocycles. The number of nitrogens with zero attached hydrogens (tertiary/aromatic N) is 1. The predicted octanol–water partition coefficient (Wildman–Crippen LogP) is 1.98. The summed E-state index contributed by atoms with van der Waals surface area (Å²) in [5.41, 5.74) is 7.19. The van der Waals surface area contributed by atoms with Crippen molar-refractivity contribution in [3.05, 3.63) is 23.0 Å². The largest absolute Gasteiger partial charge is 0.496 e. The van der Waals surface area contributed by atoms with Gasteiger partial charge in [0, 0.05) is 17.2 Å². The minimum Gasteiger partial charge on any atom is -0.399 e. The highest BCUT2D eigenvalue weighted by Crippen LogP contribution is 2.43. The number of rotatable bonds is 2. The van der Waals surface area contributed by atoms with E-state index in [1.165, 1.54) is 0 Å². The fourth-order valence-corrected chi connectivity index (χ4v) is 2.59. The van der Waals surface area contributed by atoms with E-state index in [0.29, 0.717) is 5.15 Å². The Morgan fingerprint density at radius 3 is 2.25 bits per heavy atom. The van der Waals surface area contributed by atoms with Gasteiger partial charge in [-0.3, -0.25) is 0 Å². The summed E-state index contributed by atoms with van der Waals surface area (Å²) in [4.78, 5) is 4.17. The maximum Gasteiger partial charge on any atom is 0.496 e. The van der Waals surface area contributed by atoms with Crippen molar-refractivity contribution in [3.8, 4) is 0 Å². The fourth-order valence-electron chi connectivity index (χ4n) is 2.43. The second-order valence-corrected chi connectivity index (χ2v) is 7.23. The molecule has 0 radical (unpaired) electrons. The van der Waals surface area contributed by atoms with Gasteiger partial charge >= 0.3 is 7.12 Å². The van der Waals surface area contributed by atoms with Gasteiger partial charge in [0.1, 0.15) is 5.15 Å². The molecule has 0 aromatic carbocycles. The molecule has 1 saturated heterocycles. The zero-order chi connectivity index (χ0) is 14.8. The molecule has 2 N–H and O–H groups in total. The van der Waals surface area contributed by atoms with Gasteiger partial charge in [-0.05, 0) is 52.2 Å². The third-order valence-electron chi connectivity index (χ3n) is 4.73. The molecule has 1 aliphatic heterocycles. The third kappa shape index (κ3) is 2.17. The monoisotopic (exact) mass is 294 g/mol. The highest BCUT2D eigenvalue weighted by atomic mass is 35.5. The van der Waals surface area contributed by atoms with Gasteiger partial charge in [-0.1, -0.05) is 11.6 Å². The zero-order valence-electron chi connectivity index (χ0n) is 12.4. The van der Waals surface area contributed by atoms with Crippen LogP contribution in [0.1, 0.15) is 46.1 Å². The van der Waals surface area contributed by atoms with Gasteiger partial charge < -0.3 is 15.0 Å². The van der Waals surface area contributed by atoms with Crippen LogP contribution in [0.2, 0.25) is 5.15 Å². The maximum absolute atomic E-state index is 6.34. The SMILES string of the molecule is CC1(C)OB(c2cnc(Cl)cc2C2(N)CC2)OC1(C)C. The number of nitrogens with two attached hydrogens (primary N) is 1. The highest BCUT2D eigenvalue weighted by molar-refractivity contribution is 6.62. The molecule has 2 fully saturated rings. The highest BCUT2D eigenvalue weighted by Gasteiger charge is 2.54. The molecule has 0 bridgehead atoms. The first kappa shape index (κ1) is 14.3. The number of hydrogen-bond donors (Lipinski definition) is 1. The molecule has 4 nitrogen and oxygen atoms in total. The van der Waals surface area contributed by atoms with Crippen molar-refractivity contribution in [3.63, 3.8) is 0 Å².